The predicted octanol–water partition coefficient (Wildman–Crippen LogP) is -0.694. The van der Waals surface area contributed by atoms with Gasteiger partial charge in [-0.15, -0.1) is 0 Å². The SMILES string of the molecule is CC(C)[C@H](N)C(=O)OBOC(=O)[C@@H](N)C(C)C. The maximum absolute atomic E-state index is 11.3. The molecule has 4 N–H and O–H groups in total. The van der Waals surface area contributed by atoms with Crippen LogP contribution in [0.5, 0.6) is 0 Å². The van der Waals surface area contributed by atoms with Gasteiger partial charge in [-0.1, -0.05) is 27.7 Å². The summed E-state index contributed by atoms with van der Waals surface area (Å²) in [7, 11) is -0.446. The van der Waals surface area contributed by atoms with Crippen molar-refractivity contribution in [3.8, 4) is 0 Å². The highest BCUT2D eigenvalue weighted by Gasteiger charge is 2.22. The normalized spacial score (nSPS) is 14.4. The Kier molecular flexibility index (Phi) is 6.83. The smallest absolute Gasteiger partial charge is 0.501 e. The van der Waals surface area contributed by atoms with Crippen LogP contribution in [0.4, 0.5) is 0 Å². The molecule has 0 aromatic rings. The standard InChI is InChI=1S/C10H21BN2O4/c1-5(2)7(12)9(14)16-11-17-10(15)8(13)6(3)4/h5-8,11H,12-13H2,1-4H3/t7-,8-/m0/s1. The van der Waals surface area contributed by atoms with Gasteiger partial charge in [-0.05, 0) is 11.8 Å². The molecule has 7 heteroatoms. The zero-order chi connectivity index (χ0) is 13.6. The van der Waals surface area contributed by atoms with Crippen LogP contribution in [-0.4, -0.2) is 31.7 Å². The molecule has 0 aromatic heterocycles. The molecule has 98 valence electrons. The Hall–Kier alpha value is -1.08. The molecule has 0 aliphatic carbocycles. The minimum Gasteiger partial charge on any atom is -0.501 e. The van der Waals surface area contributed by atoms with Crippen molar-refractivity contribution in [2.45, 2.75) is 39.8 Å². The highest BCUT2D eigenvalue weighted by molar-refractivity contribution is 6.26. The molecule has 0 saturated carbocycles. The molecule has 0 heterocycles. The maximum Gasteiger partial charge on any atom is 0.580 e. The number of hydrogen-bond donors (Lipinski definition) is 2. The highest BCUT2D eigenvalue weighted by Crippen LogP contribution is 2.02. The molecule has 0 fully saturated rings. The van der Waals surface area contributed by atoms with Crippen LogP contribution in [0.25, 0.3) is 0 Å². The summed E-state index contributed by atoms with van der Waals surface area (Å²) in [5.74, 6) is -1.25. The third-order valence-corrected chi connectivity index (χ3v) is 2.38. The fraction of sp³-hybridized carbons (Fsp3) is 0.800. The number of nitrogens with two attached hydrogens (primary N) is 2. The molecule has 17 heavy (non-hydrogen) atoms. The van der Waals surface area contributed by atoms with Crippen molar-refractivity contribution in [1.29, 1.82) is 0 Å². The van der Waals surface area contributed by atoms with Gasteiger partial charge in [0.1, 0.15) is 12.1 Å². The topological polar surface area (TPSA) is 105 Å². The Morgan fingerprint density at radius 2 is 1.18 bits per heavy atom. The second-order valence-corrected chi connectivity index (χ2v) is 4.58. The molecule has 0 bridgehead atoms. The third-order valence-electron chi connectivity index (χ3n) is 2.38. The van der Waals surface area contributed by atoms with Crippen LogP contribution in [0.2, 0.25) is 0 Å². The maximum atomic E-state index is 11.3. The summed E-state index contributed by atoms with van der Waals surface area (Å²) in [6, 6.07) is -1.43. The lowest BCUT2D eigenvalue weighted by atomic mass is 10.1. The van der Waals surface area contributed by atoms with Gasteiger partial charge >= 0.3 is 19.6 Å². The fourth-order valence-corrected chi connectivity index (χ4v) is 0.882. The average molecular weight is 244 g/mol. The molecule has 0 aliphatic rings. The van der Waals surface area contributed by atoms with Crippen LogP contribution in [0.15, 0.2) is 0 Å². The lowest BCUT2D eigenvalue weighted by Gasteiger charge is -2.16. The van der Waals surface area contributed by atoms with E-state index in [2.05, 4.69) is 0 Å². The van der Waals surface area contributed by atoms with Gasteiger partial charge in [0, 0.05) is 0 Å². The van der Waals surface area contributed by atoms with Crippen LogP contribution in [0.1, 0.15) is 27.7 Å². The van der Waals surface area contributed by atoms with Gasteiger partial charge in [0.15, 0.2) is 0 Å². The van der Waals surface area contributed by atoms with Gasteiger partial charge in [0.05, 0.1) is 0 Å². The summed E-state index contributed by atoms with van der Waals surface area (Å²) in [6.07, 6.45) is 0. The predicted molar refractivity (Wildman–Crippen MR) is 65.0 cm³/mol. The Bertz CT molecular complexity index is 245. The summed E-state index contributed by atoms with van der Waals surface area (Å²) in [6.45, 7) is 7.19. The van der Waals surface area contributed by atoms with Crippen molar-refractivity contribution >= 4 is 19.6 Å². The molecule has 0 radical (unpaired) electrons. The monoisotopic (exact) mass is 244 g/mol. The first-order chi connectivity index (χ1) is 7.77. The van der Waals surface area contributed by atoms with Crippen molar-refractivity contribution in [3.63, 3.8) is 0 Å². The van der Waals surface area contributed by atoms with Gasteiger partial charge < -0.3 is 20.8 Å². The van der Waals surface area contributed by atoms with E-state index in [1.165, 1.54) is 0 Å². The molecule has 0 unspecified atom stereocenters. The minimum absolute atomic E-state index is 0.0314. The third kappa shape index (κ3) is 5.69. The summed E-state index contributed by atoms with van der Waals surface area (Å²) in [4.78, 5) is 22.6. The Morgan fingerprint density at radius 1 is 0.882 bits per heavy atom. The fourth-order valence-electron chi connectivity index (χ4n) is 0.882. The molecule has 0 aliphatic heterocycles. The first kappa shape index (κ1) is 15.9. The lowest BCUT2D eigenvalue weighted by Crippen LogP contribution is -2.40. The zero-order valence-corrected chi connectivity index (χ0v) is 10.8. The molecule has 0 saturated heterocycles. The Labute approximate surface area is 102 Å². The number of rotatable bonds is 6. The minimum atomic E-state index is -0.715. The van der Waals surface area contributed by atoms with Gasteiger partial charge in [-0.25, -0.2) is 0 Å². The van der Waals surface area contributed by atoms with E-state index in [4.69, 9.17) is 20.8 Å². The molecule has 0 rings (SSSR count). The van der Waals surface area contributed by atoms with Crippen LogP contribution in [-0.2, 0) is 18.9 Å². The van der Waals surface area contributed by atoms with E-state index >= 15 is 0 Å². The molecule has 0 aromatic carbocycles. The van der Waals surface area contributed by atoms with E-state index in [1.54, 1.807) is 27.7 Å². The van der Waals surface area contributed by atoms with E-state index < -0.39 is 31.7 Å². The molecular weight excluding hydrogens is 223 g/mol. The number of carbonyl (C=O) groups excluding carboxylic acids is 2. The second kappa shape index (κ2) is 7.29. The van der Waals surface area contributed by atoms with Crippen LogP contribution in [0.3, 0.4) is 0 Å². The first-order valence-corrected chi connectivity index (χ1v) is 5.61. The quantitative estimate of drug-likeness (QED) is 0.599. The number of hydrogen-bond acceptors (Lipinski definition) is 6. The molecule has 0 amide bonds. The molecular formula is C10H21BN2O4. The van der Waals surface area contributed by atoms with Crippen LogP contribution < -0.4 is 11.5 Å². The molecule has 2 atom stereocenters. The van der Waals surface area contributed by atoms with E-state index in [9.17, 15) is 9.59 Å². The van der Waals surface area contributed by atoms with Crippen molar-refractivity contribution in [2.24, 2.45) is 23.3 Å². The van der Waals surface area contributed by atoms with E-state index in [1.807, 2.05) is 0 Å². The van der Waals surface area contributed by atoms with Gasteiger partial charge in [0.25, 0.3) is 0 Å². The van der Waals surface area contributed by atoms with Crippen LogP contribution in [0, 0.1) is 11.8 Å². The van der Waals surface area contributed by atoms with Crippen molar-refractivity contribution in [3.05, 3.63) is 0 Å². The lowest BCUT2D eigenvalue weighted by molar-refractivity contribution is -0.141. The van der Waals surface area contributed by atoms with Crippen molar-refractivity contribution in [2.75, 3.05) is 0 Å². The molecule has 0 spiro atoms. The van der Waals surface area contributed by atoms with Gasteiger partial charge in [0.2, 0.25) is 0 Å². The van der Waals surface area contributed by atoms with Crippen molar-refractivity contribution < 1.29 is 18.9 Å². The summed E-state index contributed by atoms with van der Waals surface area (Å²) in [5.41, 5.74) is 11.1. The number of carbonyl (C=O) groups is 2. The second-order valence-electron chi connectivity index (χ2n) is 4.58. The van der Waals surface area contributed by atoms with Crippen molar-refractivity contribution in [1.82, 2.24) is 0 Å². The highest BCUT2D eigenvalue weighted by atomic mass is 16.6. The first-order valence-electron chi connectivity index (χ1n) is 5.61. The average Bonchev–Trinajstić information content (AvgIpc) is 2.26. The van der Waals surface area contributed by atoms with E-state index in [0.717, 1.165) is 0 Å². The van der Waals surface area contributed by atoms with Gasteiger partial charge in [-0.2, -0.15) is 0 Å². The summed E-state index contributed by atoms with van der Waals surface area (Å²) < 4.78 is 9.41. The largest absolute Gasteiger partial charge is 0.580 e. The Balaban J connectivity index is 3.92. The Morgan fingerprint density at radius 3 is 1.41 bits per heavy atom. The molecule has 6 nitrogen and oxygen atoms in total. The zero-order valence-electron chi connectivity index (χ0n) is 10.8. The summed E-state index contributed by atoms with van der Waals surface area (Å²) in [5, 5.41) is 0. The summed E-state index contributed by atoms with van der Waals surface area (Å²) >= 11 is 0. The van der Waals surface area contributed by atoms with E-state index in [0.29, 0.717) is 0 Å². The van der Waals surface area contributed by atoms with Gasteiger partial charge in [-0.3, -0.25) is 9.59 Å². The van der Waals surface area contributed by atoms with Crippen LogP contribution >= 0.6 is 0 Å². The van der Waals surface area contributed by atoms with E-state index in [-0.39, 0.29) is 11.8 Å².